The number of carbonyl (C=O) groups is 1. The van der Waals surface area contributed by atoms with Crippen LogP contribution in [0.4, 0.5) is 0 Å². The fraction of sp³-hybridized carbons (Fsp3) is 0.450. The predicted octanol–water partition coefficient (Wildman–Crippen LogP) is 3.63. The summed E-state index contributed by atoms with van der Waals surface area (Å²) in [6, 6.07) is 9.71. The van der Waals surface area contributed by atoms with Crippen LogP contribution in [0.2, 0.25) is 0 Å². The number of hydrogen-bond acceptors (Lipinski definition) is 5. The van der Waals surface area contributed by atoms with Crippen LogP contribution < -0.4 is 9.47 Å². The van der Waals surface area contributed by atoms with Gasteiger partial charge < -0.3 is 19.1 Å². The van der Waals surface area contributed by atoms with E-state index in [0.717, 1.165) is 19.3 Å². The Hall–Kier alpha value is -2.05. The van der Waals surface area contributed by atoms with Gasteiger partial charge in [0.15, 0.2) is 0 Å². The van der Waals surface area contributed by atoms with Crippen LogP contribution in [0.1, 0.15) is 28.1 Å². The topological polar surface area (TPSA) is 48.0 Å². The van der Waals surface area contributed by atoms with E-state index in [1.807, 2.05) is 11.0 Å². The van der Waals surface area contributed by atoms with Gasteiger partial charge >= 0.3 is 0 Å². The molecular weight excluding hydrogens is 350 g/mol. The lowest BCUT2D eigenvalue weighted by molar-refractivity contribution is 0.0293. The lowest BCUT2D eigenvalue weighted by Crippen LogP contribution is -2.44. The zero-order chi connectivity index (χ0) is 18.4. The maximum Gasteiger partial charge on any atom is 0.254 e. The number of ether oxygens (including phenoxy) is 3. The van der Waals surface area contributed by atoms with E-state index in [0.29, 0.717) is 36.8 Å². The van der Waals surface area contributed by atoms with E-state index in [-0.39, 0.29) is 11.9 Å². The third-order valence-electron chi connectivity index (χ3n) is 4.67. The molecule has 1 aliphatic heterocycles. The summed E-state index contributed by atoms with van der Waals surface area (Å²) < 4.78 is 16.1. The maximum atomic E-state index is 13.3. The predicted molar refractivity (Wildman–Crippen MR) is 102 cm³/mol. The van der Waals surface area contributed by atoms with Crippen LogP contribution in [0, 0.1) is 0 Å². The van der Waals surface area contributed by atoms with E-state index < -0.39 is 0 Å². The quantitative estimate of drug-likeness (QED) is 0.741. The summed E-state index contributed by atoms with van der Waals surface area (Å²) in [5.41, 5.74) is 0.596. The number of nitrogens with zero attached hydrogens (tertiary/aromatic N) is 1. The number of hydrogen-bond donors (Lipinski definition) is 0. The molecule has 0 unspecified atom stereocenters. The molecule has 5 nitrogen and oxygen atoms in total. The molecule has 0 bridgehead atoms. The van der Waals surface area contributed by atoms with Crippen molar-refractivity contribution in [1.82, 2.24) is 4.90 Å². The average molecular weight is 375 g/mol. The van der Waals surface area contributed by atoms with Gasteiger partial charge in [0, 0.05) is 42.3 Å². The third-order valence-corrected chi connectivity index (χ3v) is 5.61. The highest BCUT2D eigenvalue weighted by Gasteiger charge is 2.27. The molecule has 0 spiro atoms. The van der Waals surface area contributed by atoms with Gasteiger partial charge in [0.25, 0.3) is 5.91 Å². The Morgan fingerprint density at radius 2 is 1.88 bits per heavy atom. The Balaban J connectivity index is 1.83. The summed E-state index contributed by atoms with van der Waals surface area (Å²) in [6.45, 7) is 2.10. The van der Waals surface area contributed by atoms with Gasteiger partial charge in [-0.1, -0.05) is 6.07 Å². The molecule has 1 aliphatic rings. The minimum Gasteiger partial charge on any atom is -0.497 e. The summed E-state index contributed by atoms with van der Waals surface area (Å²) in [5, 5.41) is 2.07. The molecule has 3 rings (SSSR count). The van der Waals surface area contributed by atoms with Crippen LogP contribution in [-0.2, 0) is 11.2 Å². The summed E-state index contributed by atoms with van der Waals surface area (Å²) in [5.74, 6) is 1.27. The van der Waals surface area contributed by atoms with Gasteiger partial charge in [-0.15, -0.1) is 11.3 Å². The molecule has 1 aromatic carbocycles. The zero-order valence-electron chi connectivity index (χ0n) is 15.3. The van der Waals surface area contributed by atoms with Crippen LogP contribution >= 0.6 is 11.3 Å². The number of methoxy groups -OCH3 is 2. The maximum absolute atomic E-state index is 13.3. The first-order chi connectivity index (χ1) is 12.7. The van der Waals surface area contributed by atoms with Gasteiger partial charge in [0.2, 0.25) is 0 Å². The molecule has 0 aliphatic carbocycles. The molecule has 140 valence electrons. The highest BCUT2D eigenvalue weighted by molar-refractivity contribution is 7.09. The molecule has 0 radical (unpaired) electrons. The first-order valence-electron chi connectivity index (χ1n) is 8.85. The van der Waals surface area contributed by atoms with Crippen LogP contribution in [0.5, 0.6) is 11.5 Å². The molecule has 0 N–H and O–H groups in total. The van der Waals surface area contributed by atoms with Crippen LogP contribution in [-0.4, -0.2) is 50.8 Å². The van der Waals surface area contributed by atoms with Gasteiger partial charge in [-0.3, -0.25) is 4.79 Å². The number of amides is 1. The van der Waals surface area contributed by atoms with Crippen molar-refractivity contribution in [3.05, 3.63) is 46.2 Å². The van der Waals surface area contributed by atoms with Gasteiger partial charge in [-0.2, -0.15) is 0 Å². The van der Waals surface area contributed by atoms with Crippen molar-refractivity contribution in [2.24, 2.45) is 0 Å². The van der Waals surface area contributed by atoms with Gasteiger partial charge in [0.05, 0.1) is 14.2 Å². The smallest absolute Gasteiger partial charge is 0.254 e. The fourth-order valence-corrected chi connectivity index (χ4v) is 3.93. The van der Waals surface area contributed by atoms with E-state index in [4.69, 9.17) is 14.2 Å². The van der Waals surface area contributed by atoms with Gasteiger partial charge in [-0.25, -0.2) is 0 Å². The van der Waals surface area contributed by atoms with E-state index in [9.17, 15) is 4.79 Å². The van der Waals surface area contributed by atoms with Gasteiger partial charge in [-0.05, 0) is 42.8 Å². The third kappa shape index (κ3) is 4.56. The highest BCUT2D eigenvalue weighted by Crippen LogP contribution is 2.26. The second kappa shape index (κ2) is 9.05. The summed E-state index contributed by atoms with van der Waals surface area (Å²) in [4.78, 5) is 16.6. The second-order valence-electron chi connectivity index (χ2n) is 6.27. The Labute approximate surface area is 158 Å². The number of benzene rings is 1. The lowest BCUT2D eigenvalue weighted by Gasteiger charge is -2.34. The summed E-state index contributed by atoms with van der Waals surface area (Å²) in [6.07, 6.45) is 2.61. The van der Waals surface area contributed by atoms with Crippen molar-refractivity contribution in [3.63, 3.8) is 0 Å². The van der Waals surface area contributed by atoms with E-state index in [1.54, 1.807) is 43.8 Å². The van der Waals surface area contributed by atoms with Crippen molar-refractivity contribution in [2.45, 2.75) is 25.3 Å². The highest BCUT2D eigenvalue weighted by atomic mass is 32.1. The van der Waals surface area contributed by atoms with Crippen molar-refractivity contribution in [3.8, 4) is 11.5 Å². The van der Waals surface area contributed by atoms with E-state index >= 15 is 0 Å². The number of rotatable bonds is 7. The molecule has 6 heteroatoms. The molecule has 1 aromatic heterocycles. The molecular formula is C20H25NO4S. The molecule has 0 atom stereocenters. The molecule has 2 aromatic rings. The first kappa shape index (κ1) is 18.7. The van der Waals surface area contributed by atoms with Crippen molar-refractivity contribution < 1.29 is 19.0 Å². The van der Waals surface area contributed by atoms with Crippen molar-refractivity contribution in [1.29, 1.82) is 0 Å². The molecule has 1 saturated heterocycles. The lowest BCUT2D eigenvalue weighted by atomic mass is 10.0. The number of carbonyl (C=O) groups excluding carboxylic acids is 1. The standard InChI is InChI=1S/C20H25NO4S/c1-23-17-12-15(13-18(14-17)24-2)20(22)21(16-6-9-25-10-7-16)8-5-19-4-3-11-26-19/h3-4,11-14,16H,5-10H2,1-2H3. The summed E-state index contributed by atoms with van der Waals surface area (Å²) in [7, 11) is 3.19. The Morgan fingerprint density at radius 3 is 2.46 bits per heavy atom. The van der Waals surface area contributed by atoms with E-state index in [2.05, 4.69) is 11.4 Å². The normalized spacial score (nSPS) is 14.8. The van der Waals surface area contributed by atoms with Crippen LogP contribution in [0.15, 0.2) is 35.7 Å². The first-order valence-corrected chi connectivity index (χ1v) is 9.73. The molecule has 1 amide bonds. The largest absolute Gasteiger partial charge is 0.497 e. The molecule has 26 heavy (non-hydrogen) atoms. The van der Waals surface area contributed by atoms with Crippen molar-refractivity contribution in [2.75, 3.05) is 34.0 Å². The second-order valence-corrected chi connectivity index (χ2v) is 7.31. The zero-order valence-corrected chi connectivity index (χ0v) is 16.1. The van der Waals surface area contributed by atoms with Crippen LogP contribution in [0.25, 0.3) is 0 Å². The monoisotopic (exact) mass is 375 g/mol. The molecule has 0 saturated carbocycles. The SMILES string of the molecule is COc1cc(OC)cc(C(=O)N(CCc2cccs2)C2CCOCC2)c1. The Kier molecular flexibility index (Phi) is 6.52. The fourth-order valence-electron chi connectivity index (χ4n) is 3.23. The minimum absolute atomic E-state index is 0.0191. The van der Waals surface area contributed by atoms with Gasteiger partial charge in [0.1, 0.15) is 11.5 Å². The molecule has 1 fully saturated rings. The average Bonchev–Trinajstić information content (AvgIpc) is 3.22. The van der Waals surface area contributed by atoms with E-state index in [1.165, 1.54) is 4.88 Å². The summed E-state index contributed by atoms with van der Waals surface area (Å²) >= 11 is 1.73. The minimum atomic E-state index is 0.0191. The van der Waals surface area contributed by atoms with Crippen molar-refractivity contribution >= 4 is 17.2 Å². The van der Waals surface area contributed by atoms with Crippen LogP contribution in [0.3, 0.4) is 0 Å². The number of thiophene rings is 1. The molecule has 2 heterocycles. The Morgan fingerprint density at radius 1 is 1.19 bits per heavy atom. The Bertz CT molecular complexity index is 688.